The van der Waals surface area contributed by atoms with Gasteiger partial charge in [-0.15, -0.1) is 0 Å². The Bertz CT molecular complexity index is 1150. The molecule has 1 atom stereocenters. The molecule has 0 spiro atoms. The number of aliphatic carboxylic acids is 1. The molecule has 0 heterocycles. The Labute approximate surface area is 204 Å². The van der Waals surface area contributed by atoms with Crippen molar-refractivity contribution in [3.05, 3.63) is 88.4 Å². The third-order valence-electron chi connectivity index (χ3n) is 5.24. The van der Waals surface area contributed by atoms with Crippen LogP contribution in [0.4, 0.5) is 0 Å². The molecular weight excluding hydrogens is 454 g/mol. The van der Waals surface area contributed by atoms with Crippen LogP contribution in [-0.4, -0.2) is 36.3 Å². The van der Waals surface area contributed by atoms with Crippen LogP contribution in [0.2, 0.25) is 5.02 Å². The van der Waals surface area contributed by atoms with Crippen LogP contribution in [0.5, 0.6) is 5.75 Å². The minimum absolute atomic E-state index is 0.190. The molecule has 34 heavy (non-hydrogen) atoms. The summed E-state index contributed by atoms with van der Waals surface area (Å²) in [5.41, 5.74) is 3.79. The SMILES string of the molecule is COc1ccc(CC(OC(C)C)C(=O)O)cc1CNC(=O)c1ccc(-c2ccccc2)cc1Cl. The number of hydrogen-bond donors (Lipinski definition) is 2. The lowest BCUT2D eigenvalue weighted by Gasteiger charge is -2.18. The Morgan fingerprint density at radius 2 is 1.74 bits per heavy atom. The maximum absolute atomic E-state index is 12.8. The van der Waals surface area contributed by atoms with Crippen molar-refractivity contribution in [3.8, 4) is 16.9 Å². The number of rotatable bonds is 10. The molecule has 0 fully saturated rings. The highest BCUT2D eigenvalue weighted by Crippen LogP contribution is 2.26. The fraction of sp³-hybridized carbons (Fsp3) is 0.259. The first-order valence-electron chi connectivity index (χ1n) is 11.0. The van der Waals surface area contributed by atoms with Gasteiger partial charge in [-0.3, -0.25) is 4.79 Å². The molecule has 0 aliphatic heterocycles. The number of carboxylic acid groups (broad SMARTS) is 1. The van der Waals surface area contributed by atoms with Gasteiger partial charge in [0.25, 0.3) is 5.91 Å². The molecule has 1 unspecified atom stereocenters. The fourth-order valence-corrected chi connectivity index (χ4v) is 3.88. The predicted molar refractivity (Wildman–Crippen MR) is 132 cm³/mol. The molecule has 3 aromatic rings. The summed E-state index contributed by atoms with van der Waals surface area (Å²) in [6.07, 6.45) is -0.973. The Morgan fingerprint density at radius 1 is 1.00 bits per heavy atom. The van der Waals surface area contributed by atoms with Crippen LogP contribution >= 0.6 is 11.6 Å². The molecule has 3 rings (SSSR count). The van der Waals surface area contributed by atoms with Gasteiger partial charge in [0.05, 0.1) is 23.8 Å². The number of ether oxygens (including phenoxy) is 2. The molecule has 0 aromatic heterocycles. The van der Waals surface area contributed by atoms with Crippen molar-refractivity contribution in [2.24, 2.45) is 0 Å². The molecule has 0 radical (unpaired) electrons. The number of carboxylic acids is 1. The third kappa shape index (κ3) is 6.59. The summed E-state index contributed by atoms with van der Waals surface area (Å²) >= 11 is 6.41. The minimum Gasteiger partial charge on any atom is -0.496 e. The maximum Gasteiger partial charge on any atom is 0.333 e. The van der Waals surface area contributed by atoms with Crippen molar-refractivity contribution in [2.45, 2.75) is 39.0 Å². The molecule has 0 aliphatic rings. The van der Waals surface area contributed by atoms with E-state index in [4.69, 9.17) is 21.1 Å². The Hall–Kier alpha value is -3.35. The van der Waals surface area contributed by atoms with E-state index in [0.717, 1.165) is 22.3 Å². The average Bonchev–Trinajstić information content (AvgIpc) is 2.82. The van der Waals surface area contributed by atoms with Crippen molar-refractivity contribution in [3.63, 3.8) is 0 Å². The summed E-state index contributed by atoms with van der Waals surface area (Å²) in [5.74, 6) is -0.747. The van der Waals surface area contributed by atoms with E-state index in [1.165, 1.54) is 0 Å². The van der Waals surface area contributed by atoms with Gasteiger partial charge < -0.3 is 19.9 Å². The first-order valence-corrected chi connectivity index (χ1v) is 11.3. The second-order valence-electron chi connectivity index (χ2n) is 8.11. The highest BCUT2D eigenvalue weighted by Gasteiger charge is 2.21. The molecule has 0 aliphatic carbocycles. The molecular formula is C27H28ClNO5. The minimum atomic E-state index is -1.02. The highest BCUT2D eigenvalue weighted by molar-refractivity contribution is 6.34. The van der Waals surface area contributed by atoms with Crippen LogP contribution in [-0.2, 0) is 22.5 Å². The smallest absolute Gasteiger partial charge is 0.333 e. The number of carbonyl (C=O) groups is 2. The molecule has 178 valence electrons. The number of amides is 1. The van der Waals surface area contributed by atoms with Gasteiger partial charge in [0.1, 0.15) is 5.75 Å². The molecule has 2 N–H and O–H groups in total. The van der Waals surface area contributed by atoms with E-state index in [1.807, 2.05) is 42.5 Å². The van der Waals surface area contributed by atoms with E-state index >= 15 is 0 Å². The van der Waals surface area contributed by atoms with Crippen LogP contribution in [0, 0.1) is 0 Å². The Morgan fingerprint density at radius 3 is 2.35 bits per heavy atom. The molecule has 0 bridgehead atoms. The number of hydrogen-bond acceptors (Lipinski definition) is 4. The van der Waals surface area contributed by atoms with Crippen molar-refractivity contribution in [1.82, 2.24) is 5.32 Å². The summed E-state index contributed by atoms with van der Waals surface area (Å²) in [6.45, 7) is 3.78. The summed E-state index contributed by atoms with van der Waals surface area (Å²) in [4.78, 5) is 24.4. The average molecular weight is 482 g/mol. The lowest BCUT2D eigenvalue weighted by Crippen LogP contribution is -2.29. The third-order valence-corrected chi connectivity index (χ3v) is 5.55. The van der Waals surface area contributed by atoms with E-state index in [0.29, 0.717) is 16.3 Å². The van der Waals surface area contributed by atoms with E-state index in [1.54, 1.807) is 45.2 Å². The lowest BCUT2D eigenvalue weighted by molar-refractivity contribution is -0.153. The van der Waals surface area contributed by atoms with E-state index < -0.39 is 12.1 Å². The Kier molecular flexibility index (Phi) is 8.68. The highest BCUT2D eigenvalue weighted by atomic mass is 35.5. The maximum atomic E-state index is 12.8. The Balaban J connectivity index is 1.73. The second-order valence-corrected chi connectivity index (χ2v) is 8.51. The zero-order valence-corrected chi connectivity index (χ0v) is 20.1. The van der Waals surface area contributed by atoms with E-state index in [-0.39, 0.29) is 25.0 Å². The monoisotopic (exact) mass is 481 g/mol. The molecule has 0 saturated carbocycles. The van der Waals surface area contributed by atoms with Gasteiger partial charge in [-0.25, -0.2) is 4.79 Å². The summed E-state index contributed by atoms with van der Waals surface area (Å²) in [5, 5.41) is 12.7. The van der Waals surface area contributed by atoms with Crippen LogP contribution in [0.25, 0.3) is 11.1 Å². The zero-order chi connectivity index (χ0) is 24.7. The van der Waals surface area contributed by atoms with E-state index in [9.17, 15) is 14.7 Å². The second kappa shape index (κ2) is 11.7. The number of methoxy groups -OCH3 is 1. The van der Waals surface area contributed by atoms with Gasteiger partial charge in [0.15, 0.2) is 6.10 Å². The lowest BCUT2D eigenvalue weighted by atomic mass is 10.0. The summed E-state index contributed by atoms with van der Waals surface area (Å²) in [6, 6.07) is 20.5. The van der Waals surface area contributed by atoms with Gasteiger partial charge in [0, 0.05) is 18.5 Å². The van der Waals surface area contributed by atoms with Crippen molar-refractivity contribution in [2.75, 3.05) is 7.11 Å². The number of benzene rings is 3. The number of carbonyl (C=O) groups excluding carboxylic acids is 1. The molecule has 6 nitrogen and oxygen atoms in total. The van der Waals surface area contributed by atoms with Gasteiger partial charge in [-0.05, 0) is 48.7 Å². The van der Waals surface area contributed by atoms with Crippen molar-refractivity contribution in [1.29, 1.82) is 0 Å². The molecule has 3 aromatic carbocycles. The summed E-state index contributed by atoms with van der Waals surface area (Å²) < 4.78 is 10.9. The van der Waals surface area contributed by atoms with Crippen molar-refractivity contribution >= 4 is 23.5 Å². The van der Waals surface area contributed by atoms with Crippen LogP contribution in [0.15, 0.2) is 66.7 Å². The first kappa shape index (κ1) is 25.3. The van der Waals surface area contributed by atoms with Crippen LogP contribution in [0.1, 0.15) is 35.3 Å². The standard InChI is InChI=1S/C27H28ClNO5/c1-17(2)34-25(27(31)32)14-18-9-12-24(33-3)21(13-18)16-29-26(30)22-11-10-20(15-23(22)28)19-7-5-4-6-8-19/h4-13,15,17,25H,14,16H2,1-3H3,(H,29,30)(H,31,32). The summed E-state index contributed by atoms with van der Waals surface area (Å²) in [7, 11) is 1.54. The van der Waals surface area contributed by atoms with Crippen LogP contribution < -0.4 is 10.1 Å². The largest absolute Gasteiger partial charge is 0.496 e. The number of nitrogens with one attached hydrogen (secondary N) is 1. The molecule has 0 saturated heterocycles. The molecule has 1 amide bonds. The first-order chi connectivity index (χ1) is 16.3. The van der Waals surface area contributed by atoms with Gasteiger partial charge in [-0.2, -0.15) is 0 Å². The number of halogens is 1. The van der Waals surface area contributed by atoms with Crippen LogP contribution in [0.3, 0.4) is 0 Å². The zero-order valence-electron chi connectivity index (χ0n) is 19.4. The predicted octanol–water partition coefficient (Wildman–Crippen LogP) is 5.37. The molecule has 7 heteroatoms. The quantitative estimate of drug-likeness (QED) is 0.407. The van der Waals surface area contributed by atoms with E-state index in [2.05, 4.69) is 5.32 Å². The topological polar surface area (TPSA) is 84.9 Å². The van der Waals surface area contributed by atoms with Gasteiger partial charge >= 0.3 is 5.97 Å². The van der Waals surface area contributed by atoms with Gasteiger partial charge in [-0.1, -0.05) is 60.1 Å². The normalized spacial score (nSPS) is 11.8. The fourth-order valence-electron chi connectivity index (χ4n) is 3.61. The van der Waals surface area contributed by atoms with Gasteiger partial charge in [0.2, 0.25) is 0 Å². The van der Waals surface area contributed by atoms with Crippen molar-refractivity contribution < 1.29 is 24.2 Å².